The Morgan fingerprint density at radius 1 is 1.29 bits per heavy atom. The molecule has 0 saturated carbocycles. The Bertz CT molecular complexity index is 503. The lowest BCUT2D eigenvalue weighted by Gasteiger charge is -2.00. The lowest BCUT2D eigenvalue weighted by atomic mass is 10.4. The Hall–Kier alpha value is -2.57. The highest BCUT2D eigenvalue weighted by atomic mass is 15.4. The lowest BCUT2D eigenvalue weighted by Crippen LogP contribution is -2.04. The fourth-order valence-corrected chi connectivity index (χ4v) is 1.16. The molecule has 0 amide bonds. The second-order valence-corrected chi connectivity index (χ2v) is 3.19. The molecule has 0 spiro atoms. The Kier molecular flexibility index (Phi) is 3.20. The summed E-state index contributed by atoms with van der Waals surface area (Å²) in [5.41, 5.74) is 8.87. The molecule has 0 aliphatic heterocycles. The summed E-state index contributed by atoms with van der Waals surface area (Å²) in [5, 5.41) is 3.95. The summed E-state index contributed by atoms with van der Waals surface area (Å²) >= 11 is 0. The lowest BCUT2D eigenvalue weighted by molar-refractivity contribution is 0.980. The zero-order valence-corrected chi connectivity index (χ0v) is 9.20. The summed E-state index contributed by atoms with van der Waals surface area (Å²) in [6.45, 7) is 1.73. The van der Waals surface area contributed by atoms with Crippen LogP contribution >= 0.6 is 0 Å². The van der Waals surface area contributed by atoms with Crippen molar-refractivity contribution in [1.82, 2.24) is 19.9 Å². The molecule has 0 fully saturated rings. The Labute approximate surface area is 97.9 Å². The number of hydrazone groups is 1. The molecule has 0 radical (unpaired) electrons. The number of nitrogen functional groups attached to an aromatic ring is 1. The molecule has 0 aromatic carbocycles. The van der Waals surface area contributed by atoms with Crippen LogP contribution in [0.15, 0.2) is 29.5 Å². The van der Waals surface area contributed by atoms with E-state index in [-0.39, 0.29) is 5.95 Å². The number of nitrogens with two attached hydrogens (primary N) is 1. The third-order valence-corrected chi connectivity index (χ3v) is 1.81. The highest BCUT2D eigenvalue weighted by Crippen LogP contribution is 2.01. The van der Waals surface area contributed by atoms with E-state index in [1.54, 1.807) is 19.3 Å². The van der Waals surface area contributed by atoms with Gasteiger partial charge >= 0.3 is 0 Å². The van der Waals surface area contributed by atoms with Crippen molar-refractivity contribution in [2.24, 2.45) is 5.10 Å². The van der Waals surface area contributed by atoms with Gasteiger partial charge in [-0.2, -0.15) is 20.1 Å². The van der Waals surface area contributed by atoms with Crippen LogP contribution in [-0.4, -0.2) is 26.2 Å². The second kappa shape index (κ2) is 4.97. The minimum Gasteiger partial charge on any atom is -0.368 e. The maximum absolute atomic E-state index is 5.48. The molecular weight excluding hydrogens is 218 g/mol. The van der Waals surface area contributed by atoms with Gasteiger partial charge in [-0.05, 0) is 19.1 Å². The van der Waals surface area contributed by atoms with Crippen LogP contribution in [-0.2, 0) is 0 Å². The summed E-state index contributed by atoms with van der Waals surface area (Å²) in [4.78, 5) is 15.8. The average Bonchev–Trinajstić information content (AvgIpc) is 2.29. The van der Waals surface area contributed by atoms with Crippen LogP contribution in [0.5, 0.6) is 0 Å². The first-order valence-corrected chi connectivity index (χ1v) is 4.92. The molecule has 2 heterocycles. The normalized spacial score (nSPS) is 10.6. The molecule has 0 saturated heterocycles. The number of pyridine rings is 1. The van der Waals surface area contributed by atoms with E-state index in [0.717, 1.165) is 5.69 Å². The van der Waals surface area contributed by atoms with Crippen LogP contribution in [0.25, 0.3) is 0 Å². The summed E-state index contributed by atoms with van der Waals surface area (Å²) in [6.07, 6.45) is 3.25. The van der Waals surface area contributed by atoms with Crippen LogP contribution in [0, 0.1) is 6.92 Å². The quantitative estimate of drug-likeness (QED) is 0.590. The fourth-order valence-electron chi connectivity index (χ4n) is 1.16. The topological polar surface area (TPSA) is 102 Å². The van der Waals surface area contributed by atoms with Gasteiger partial charge in [0.1, 0.15) is 5.82 Å². The molecule has 0 aliphatic carbocycles. The van der Waals surface area contributed by atoms with E-state index in [2.05, 4.69) is 30.5 Å². The molecule has 7 nitrogen and oxygen atoms in total. The third kappa shape index (κ3) is 3.20. The van der Waals surface area contributed by atoms with Gasteiger partial charge in [-0.3, -0.25) is 4.98 Å². The molecule has 3 N–H and O–H groups in total. The number of nitrogens with zero attached hydrogens (tertiary/aromatic N) is 5. The van der Waals surface area contributed by atoms with E-state index in [0.29, 0.717) is 11.8 Å². The van der Waals surface area contributed by atoms with Crippen LogP contribution in [0.1, 0.15) is 11.5 Å². The van der Waals surface area contributed by atoms with Gasteiger partial charge in [-0.25, -0.2) is 5.43 Å². The highest BCUT2D eigenvalue weighted by Gasteiger charge is 1.98. The molecule has 0 bridgehead atoms. The minimum atomic E-state index is 0.160. The zero-order chi connectivity index (χ0) is 12.1. The van der Waals surface area contributed by atoms with Gasteiger partial charge in [0.15, 0.2) is 0 Å². The van der Waals surface area contributed by atoms with Crippen molar-refractivity contribution < 1.29 is 0 Å². The fraction of sp³-hybridized carbons (Fsp3) is 0.100. The van der Waals surface area contributed by atoms with Crippen molar-refractivity contribution in [3.8, 4) is 0 Å². The Morgan fingerprint density at radius 2 is 2.18 bits per heavy atom. The molecule has 86 valence electrons. The number of hydrogen-bond acceptors (Lipinski definition) is 7. The van der Waals surface area contributed by atoms with E-state index >= 15 is 0 Å². The van der Waals surface area contributed by atoms with Crippen LogP contribution < -0.4 is 11.2 Å². The number of aryl methyl sites for hydroxylation is 1. The van der Waals surface area contributed by atoms with Crippen molar-refractivity contribution in [3.63, 3.8) is 0 Å². The first-order valence-electron chi connectivity index (χ1n) is 4.92. The molecule has 17 heavy (non-hydrogen) atoms. The monoisotopic (exact) mass is 229 g/mol. The molecule has 0 atom stereocenters. The Balaban J connectivity index is 2.05. The molecule has 0 unspecified atom stereocenters. The number of rotatable bonds is 3. The molecule has 2 rings (SSSR count). The highest BCUT2D eigenvalue weighted by molar-refractivity contribution is 5.77. The van der Waals surface area contributed by atoms with E-state index in [1.807, 2.05) is 18.2 Å². The van der Waals surface area contributed by atoms with Crippen molar-refractivity contribution in [2.45, 2.75) is 6.92 Å². The van der Waals surface area contributed by atoms with Gasteiger partial charge in [-0.15, -0.1) is 0 Å². The number of anilines is 2. The van der Waals surface area contributed by atoms with Gasteiger partial charge in [0, 0.05) is 6.20 Å². The maximum atomic E-state index is 5.48. The largest absolute Gasteiger partial charge is 0.368 e. The summed E-state index contributed by atoms with van der Waals surface area (Å²) in [6, 6.07) is 5.54. The first kappa shape index (κ1) is 10.9. The van der Waals surface area contributed by atoms with E-state index in [1.165, 1.54) is 0 Å². The predicted octanol–water partition coefficient (Wildman–Crippen LogP) is 0.603. The molecule has 2 aromatic heterocycles. The average molecular weight is 229 g/mol. The van der Waals surface area contributed by atoms with Gasteiger partial charge in [0.25, 0.3) is 0 Å². The van der Waals surface area contributed by atoms with Crippen LogP contribution in [0.2, 0.25) is 0 Å². The van der Waals surface area contributed by atoms with Crippen molar-refractivity contribution >= 4 is 18.1 Å². The van der Waals surface area contributed by atoms with Gasteiger partial charge in [-0.1, -0.05) is 6.07 Å². The van der Waals surface area contributed by atoms with Crippen molar-refractivity contribution in [2.75, 3.05) is 11.2 Å². The smallest absolute Gasteiger partial charge is 0.248 e. The standard InChI is InChI=1S/C10H11N7/c1-7-14-9(11)16-10(15-7)17-13-6-8-4-2-3-5-12-8/h2-6H,1H3,(H3,11,14,15,16,17)/b13-6-. The maximum Gasteiger partial charge on any atom is 0.248 e. The summed E-state index contributed by atoms with van der Waals surface area (Å²) in [7, 11) is 0. The number of nitrogens with one attached hydrogen (secondary N) is 1. The van der Waals surface area contributed by atoms with Gasteiger partial charge < -0.3 is 5.73 Å². The van der Waals surface area contributed by atoms with Crippen LogP contribution in [0.4, 0.5) is 11.9 Å². The predicted molar refractivity (Wildman–Crippen MR) is 64.4 cm³/mol. The first-order chi connectivity index (χ1) is 8.24. The van der Waals surface area contributed by atoms with Crippen LogP contribution in [0.3, 0.4) is 0 Å². The summed E-state index contributed by atoms with van der Waals surface area (Å²) < 4.78 is 0. The number of hydrogen-bond donors (Lipinski definition) is 2. The van der Waals surface area contributed by atoms with Gasteiger partial charge in [0.05, 0.1) is 11.9 Å². The second-order valence-electron chi connectivity index (χ2n) is 3.19. The van der Waals surface area contributed by atoms with Crippen molar-refractivity contribution in [1.29, 1.82) is 0 Å². The van der Waals surface area contributed by atoms with E-state index < -0.39 is 0 Å². The summed E-state index contributed by atoms with van der Waals surface area (Å²) in [5.74, 6) is 1.00. The molecular formula is C10H11N7. The molecule has 2 aromatic rings. The minimum absolute atomic E-state index is 0.160. The molecule has 7 heteroatoms. The SMILES string of the molecule is Cc1nc(N)nc(N/N=C\c2ccccn2)n1. The van der Waals surface area contributed by atoms with E-state index in [4.69, 9.17) is 5.73 Å². The number of aromatic nitrogens is 4. The van der Waals surface area contributed by atoms with E-state index in [9.17, 15) is 0 Å². The third-order valence-electron chi connectivity index (χ3n) is 1.81. The van der Waals surface area contributed by atoms with Crippen molar-refractivity contribution in [3.05, 3.63) is 35.9 Å². The molecule has 0 aliphatic rings. The zero-order valence-electron chi connectivity index (χ0n) is 9.20. The Morgan fingerprint density at radius 3 is 2.88 bits per heavy atom. The van der Waals surface area contributed by atoms with Gasteiger partial charge in [0.2, 0.25) is 11.9 Å².